The molecule has 12 rings (SSSR count). The summed E-state index contributed by atoms with van der Waals surface area (Å²) < 4.78 is 6.31. The maximum Gasteiger partial charge on any atom is 0.136 e. The minimum Gasteiger partial charge on any atom is -0.456 e. The van der Waals surface area contributed by atoms with Gasteiger partial charge < -0.3 is 4.42 Å². The molecule has 262 valence electrons. The lowest BCUT2D eigenvalue weighted by molar-refractivity contribution is 0.665. The van der Waals surface area contributed by atoms with E-state index in [4.69, 9.17) is 4.42 Å². The third-order valence-corrected chi connectivity index (χ3v) is 12.6. The molecular weight excluding hydrogens is 677 g/mol. The van der Waals surface area contributed by atoms with E-state index in [1.54, 1.807) is 0 Å². The van der Waals surface area contributed by atoms with Crippen LogP contribution < -0.4 is 0 Å². The molecule has 1 aliphatic carbocycles. The maximum absolute atomic E-state index is 6.31. The zero-order valence-electron chi connectivity index (χ0n) is 31.2. The number of hydrogen-bond acceptors (Lipinski definition) is 1. The van der Waals surface area contributed by atoms with Gasteiger partial charge in [0.1, 0.15) is 11.2 Å². The van der Waals surface area contributed by atoms with E-state index in [1.165, 1.54) is 109 Å². The molecule has 0 amide bonds. The van der Waals surface area contributed by atoms with Crippen molar-refractivity contribution in [3.63, 3.8) is 0 Å². The minimum atomic E-state index is -0.166. The number of fused-ring (bicyclic) bond motifs is 12. The maximum atomic E-state index is 6.31. The summed E-state index contributed by atoms with van der Waals surface area (Å²) in [7, 11) is 0. The molecule has 0 unspecified atom stereocenters. The largest absolute Gasteiger partial charge is 0.456 e. The Kier molecular flexibility index (Phi) is 6.46. The van der Waals surface area contributed by atoms with Gasteiger partial charge in [-0.25, -0.2) is 0 Å². The highest BCUT2D eigenvalue weighted by atomic mass is 16.3. The molecule has 1 aromatic heterocycles. The Morgan fingerprint density at radius 2 is 0.929 bits per heavy atom. The Morgan fingerprint density at radius 3 is 1.64 bits per heavy atom. The molecule has 0 radical (unpaired) electrons. The lowest BCUT2D eigenvalue weighted by atomic mass is 9.79. The van der Waals surface area contributed by atoms with E-state index in [2.05, 4.69) is 190 Å². The first-order valence-electron chi connectivity index (χ1n) is 19.6. The second-order valence-electron chi connectivity index (χ2n) is 16.0. The van der Waals surface area contributed by atoms with Crippen LogP contribution in [-0.4, -0.2) is 0 Å². The highest BCUT2D eigenvalue weighted by Crippen LogP contribution is 2.54. The second kappa shape index (κ2) is 11.5. The van der Waals surface area contributed by atoms with E-state index in [0.29, 0.717) is 0 Å². The van der Waals surface area contributed by atoms with Crippen molar-refractivity contribution in [1.82, 2.24) is 0 Å². The SMILES string of the molecule is CC1(C)c2ccc(-c3c4ccccc4c(-c4ccc5ccc(-c6ccccc6)cc5c4)c4ccccc34)cc2-c2ccc3c(ccc4oc5ccccc5c43)c21. The van der Waals surface area contributed by atoms with Crippen molar-refractivity contribution in [3.05, 3.63) is 193 Å². The molecule has 1 heterocycles. The van der Waals surface area contributed by atoms with Crippen LogP contribution in [0.1, 0.15) is 25.0 Å². The molecule has 0 saturated heterocycles. The molecule has 56 heavy (non-hydrogen) atoms. The molecule has 0 N–H and O–H groups in total. The Hall–Kier alpha value is -6.96. The van der Waals surface area contributed by atoms with Crippen LogP contribution in [0.5, 0.6) is 0 Å². The average molecular weight is 713 g/mol. The van der Waals surface area contributed by atoms with E-state index in [9.17, 15) is 0 Å². The average Bonchev–Trinajstić information content (AvgIpc) is 3.74. The predicted molar refractivity (Wildman–Crippen MR) is 238 cm³/mol. The highest BCUT2D eigenvalue weighted by molar-refractivity contribution is 6.23. The summed E-state index contributed by atoms with van der Waals surface area (Å²) in [6.45, 7) is 4.78. The van der Waals surface area contributed by atoms with Gasteiger partial charge in [0.25, 0.3) is 0 Å². The van der Waals surface area contributed by atoms with Gasteiger partial charge in [0.15, 0.2) is 0 Å². The summed E-state index contributed by atoms with van der Waals surface area (Å²) >= 11 is 0. The molecule has 1 heteroatoms. The number of hydrogen-bond donors (Lipinski definition) is 0. The van der Waals surface area contributed by atoms with Gasteiger partial charge in [0.2, 0.25) is 0 Å². The molecule has 0 atom stereocenters. The summed E-state index contributed by atoms with van der Waals surface area (Å²) in [5, 5.41) is 12.5. The minimum absolute atomic E-state index is 0.166. The summed E-state index contributed by atoms with van der Waals surface area (Å²) in [6, 6.07) is 67.2. The molecule has 10 aromatic carbocycles. The fourth-order valence-corrected chi connectivity index (χ4v) is 10.1. The second-order valence-corrected chi connectivity index (χ2v) is 16.0. The van der Waals surface area contributed by atoms with Gasteiger partial charge in [-0.1, -0.05) is 166 Å². The molecule has 11 aromatic rings. The van der Waals surface area contributed by atoms with Crippen molar-refractivity contribution in [1.29, 1.82) is 0 Å². The van der Waals surface area contributed by atoms with Crippen LogP contribution in [0.3, 0.4) is 0 Å². The lowest BCUT2D eigenvalue weighted by Crippen LogP contribution is -2.15. The molecule has 0 bridgehead atoms. The zero-order valence-corrected chi connectivity index (χ0v) is 31.2. The first kappa shape index (κ1) is 31.4. The van der Waals surface area contributed by atoms with Gasteiger partial charge in [-0.2, -0.15) is 0 Å². The van der Waals surface area contributed by atoms with Crippen LogP contribution >= 0.6 is 0 Å². The standard InChI is InChI=1S/C55H36O/c1-55(2)48-28-24-37(32-47(48)45-26-25-43-44(54(45)55)27-29-50-53(43)46-18-10-11-19-49(46)56-50)52-41-16-8-6-14-39(41)51(40-15-7-9-17-42(40)52)36-23-21-34-20-22-35(30-38(34)31-36)33-12-4-3-5-13-33/h3-32H,1-2H3. The fourth-order valence-electron chi connectivity index (χ4n) is 10.1. The van der Waals surface area contributed by atoms with Crippen molar-refractivity contribution in [2.75, 3.05) is 0 Å². The van der Waals surface area contributed by atoms with E-state index >= 15 is 0 Å². The summed E-state index contributed by atoms with van der Waals surface area (Å²) in [5.41, 5.74) is 14.6. The third-order valence-electron chi connectivity index (χ3n) is 12.6. The number of furan rings is 1. The first-order valence-corrected chi connectivity index (χ1v) is 19.6. The van der Waals surface area contributed by atoms with Gasteiger partial charge in [-0.15, -0.1) is 0 Å². The summed E-state index contributed by atoms with van der Waals surface area (Å²) in [5.74, 6) is 0. The van der Waals surface area contributed by atoms with Gasteiger partial charge in [0.05, 0.1) is 0 Å². The summed E-state index contributed by atoms with van der Waals surface area (Å²) in [6.07, 6.45) is 0. The Bertz CT molecular complexity index is 3380. The van der Waals surface area contributed by atoms with Crippen molar-refractivity contribution >= 4 is 65.0 Å². The molecule has 0 aliphatic heterocycles. The highest BCUT2D eigenvalue weighted by Gasteiger charge is 2.37. The topological polar surface area (TPSA) is 13.1 Å². The molecule has 0 saturated carbocycles. The number of para-hydroxylation sites is 1. The quantitative estimate of drug-likeness (QED) is 0.166. The van der Waals surface area contributed by atoms with Crippen molar-refractivity contribution in [3.8, 4) is 44.5 Å². The van der Waals surface area contributed by atoms with Crippen LogP contribution in [0, 0.1) is 0 Å². The Morgan fingerprint density at radius 1 is 0.357 bits per heavy atom. The zero-order chi connectivity index (χ0) is 37.1. The predicted octanol–water partition coefficient (Wildman–Crippen LogP) is 15.5. The molecule has 1 nitrogen and oxygen atoms in total. The van der Waals surface area contributed by atoms with Gasteiger partial charge in [0, 0.05) is 16.2 Å². The van der Waals surface area contributed by atoms with Crippen molar-refractivity contribution < 1.29 is 4.42 Å². The Balaban J connectivity index is 1.07. The van der Waals surface area contributed by atoms with Crippen molar-refractivity contribution in [2.24, 2.45) is 0 Å². The van der Waals surface area contributed by atoms with Crippen LogP contribution in [0.15, 0.2) is 186 Å². The third kappa shape index (κ3) is 4.37. The molecule has 0 spiro atoms. The van der Waals surface area contributed by atoms with Crippen LogP contribution in [-0.2, 0) is 5.41 Å². The van der Waals surface area contributed by atoms with E-state index in [-0.39, 0.29) is 5.41 Å². The van der Waals surface area contributed by atoms with Crippen LogP contribution in [0.4, 0.5) is 0 Å². The van der Waals surface area contributed by atoms with Crippen LogP contribution in [0.25, 0.3) is 110 Å². The lowest BCUT2D eigenvalue weighted by Gasteiger charge is -2.23. The van der Waals surface area contributed by atoms with Gasteiger partial charge in [-0.05, 0) is 129 Å². The van der Waals surface area contributed by atoms with E-state index in [1.807, 2.05) is 6.07 Å². The number of rotatable bonds is 3. The number of benzene rings is 10. The van der Waals surface area contributed by atoms with E-state index < -0.39 is 0 Å². The first-order chi connectivity index (χ1) is 27.5. The van der Waals surface area contributed by atoms with Gasteiger partial charge in [-0.3, -0.25) is 0 Å². The van der Waals surface area contributed by atoms with Gasteiger partial charge >= 0.3 is 0 Å². The van der Waals surface area contributed by atoms with Crippen molar-refractivity contribution in [2.45, 2.75) is 19.3 Å². The molecular formula is C55H36O. The van der Waals surface area contributed by atoms with E-state index in [0.717, 1.165) is 11.2 Å². The van der Waals surface area contributed by atoms with Crippen LogP contribution in [0.2, 0.25) is 0 Å². The smallest absolute Gasteiger partial charge is 0.136 e. The Labute approximate surface area is 325 Å². The monoisotopic (exact) mass is 712 g/mol. The molecule has 1 aliphatic rings. The normalized spacial score (nSPS) is 13.3. The fraction of sp³-hybridized carbons (Fsp3) is 0.0545. The summed E-state index contributed by atoms with van der Waals surface area (Å²) in [4.78, 5) is 0. The molecule has 0 fully saturated rings.